The van der Waals surface area contributed by atoms with Gasteiger partial charge < -0.3 is 4.42 Å². The molecule has 2 bridgehead atoms. The van der Waals surface area contributed by atoms with Crippen LogP contribution in [0.2, 0.25) is 0 Å². The second-order valence-corrected chi connectivity index (χ2v) is 8.47. The van der Waals surface area contributed by atoms with Crippen LogP contribution >= 0.6 is 0 Å². The zero-order valence-corrected chi connectivity index (χ0v) is 17.3. The number of carbonyl (C=O) groups is 2. The Morgan fingerprint density at radius 3 is 2.37 bits per heavy atom. The second kappa shape index (κ2) is 6.30. The van der Waals surface area contributed by atoms with E-state index in [1.54, 1.807) is 6.21 Å². The number of aryl methyl sites for hydroxylation is 2. The number of rotatable bonds is 3. The summed E-state index contributed by atoms with van der Waals surface area (Å²) in [6.07, 6.45) is 6.59. The molecule has 0 unspecified atom stereocenters. The highest BCUT2D eigenvalue weighted by Crippen LogP contribution is 2.52. The highest BCUT2D eigenvalue weighted by atomic mass is 16.4. The van der Waals surface area contributed by atoms with Crippen molar-refractivity contribution in [3.8, 4) is 12.0 Å². The molecule has 5 rings (SSSR count). The molecule has 2 fully saturated rings. The molecule has 0 aromatic carbocycles. The Kier molecular flexibility index (Phi) is 3.91. The molecule has 7 heteroatoms. The standard InChI is InChI=1S/C23H22N4O3/c1-11-7-17(13(3)26(11)23-18(9-24)12(2)14(4)30-23)10-25-27-21(28)19-15-5-6-16(8-15)20(19)22(27)29/h5-7,10,15-16,19-20H,8H2,1-4H3/b25-10-/t15-,16-,19-,20-/m0/s1. The Morgan fingerprint density at radius 1 is 1.13 bits per heavy atom. The smallest absolute Gasteiger partial charge is 0.254 e. The van der Waals surface area contributed by atoms with Gasteiger partial charge in [-0.05, 0) is 52.0 Å². The molecule has 0 N–H and O–H groups in total. The van der Waals surface area contributed by atoms with Gasteiger partial charge >= 0.3 is 0 Å². The van der Waals surface area contributed by atoms with Crippen LogP contribution in [-0.2, 0) is 9.59 Å². The van der Waals surface area contributed by atoms with Gasteiger partial charge in [0.25, 0.3) is 11.8 Å². The van der Waals surface area contributed by atoms with Gasteiger partial charge in [-0.25, -0.2) is 0 Å². The number of amides is 2. The zero-order chi connectivity index (χ0) is 21.3. The van der Waals surface area contributed by atoms with Crippen molar-refractivity contribution in [1.29, 1.82) is 5.26 Å². The molecule has 2 aliphatic carbocycles. The fourth-order valence-corrected chi connectivity index (χ4v) is 5.25. The van der Waals surface area contributed by atoms with Crippen LogP contribution in [0, 0.1) is 62.7 Å². The maximum Gasteiger partial charge on any atom is 0.254 e. The normalized spacial score (nSPS) is 27.0. The summed E-state index contributed by atoms with van der Waals surface area (Å²) < 4.78 is 7.73. The number of nitriles is 1. The van der Waals surface area contributed by atoms with Gasteiger partial charge in [-0.3, -0.25) is 14.2 Å². The summed E-state index contributed by atoms with van der Waals surface area (Å²) in [7, 11) is 0. The van der Waals surface area contributed by atoms with Crippen LogP contribution in [0.5, 0.6) is 0 Å². The average Bonchev–Trinajstić information content (AvgIpc) is 3.48. The lowest BCUT2D eigenvalue weighted by Gasteiger charge is -2.13. The molecule has 7 nitrogen and oxygen atoms in total. The lowest BCUT2D eigenvalue weighted by molar-refractivity contribution is -0.140. The van der Waals surface area contributed by atoms with Gasteiger partial charge in [0.05, 0.1) is 18.1 Å². The first-order chi connectivity index (χ1) is 14.3. The molecule has 152 valence electrons. The highest BCUT2D eigenvalue weighted by molar-refractivity contribution is 6.06. The van der Waals surface area contributed by atoms with Crippen molar-refractivity contribution in [2.75, 3.05) is 0 Å². The number of imide groups is 1. The molecule has 1 saturated heterocycles. The molecule has 1 saturated carbocycles. The minimum absolute atomic E-state index is 0.163. The van der Waals surface area contributed by atoms with Crippen molar-refractivity contribution in [2.24, 2.45) is 28.8 Å². The number of aromatic nitrogens is 1. The van der Waals surface area contributed by atoms with Crippen molar-refractivity contribution in [3.05, 3.63) is 52.1 Å². The first-order valence-corrected chi connectivity index (χ1v) is 10.1. The van der Waals surface area contributed by atoms with Crippen LogP contribution in [0.1, 0.15) is 40.3 Å². The third-order valence-electron chi connectivity index (χ3n) is 6.91. The Hall–Kier alpha value is -3.40. The van der Waals surface area contributed by atoms with Crippen molar-refractivity contribution in [3.63, 3.8) is 0 Å². The van der Waals surface area contributed by atoms with E-state index in [2.05, 4.69) is 23.3 Å². The summed E-state index contributed by atoms with van der Waals surface area (Å²) in [5, 5.41) is 14.9. The lowest BCUT2D eigenvalue weighted by Crippen LogP contribution is -2.28. The molecular weight excluding hydrogens is 380 g/mol. The minimum Gasteiger partial charge on any atom is -0.443 e. The number of carbonyl (C=O) groups excluding carboxylic acids is 2. The lowest BCUT2D eigenvalue weighted by atomic mass is 9.85. The zero-order valence-electron chi connectivity index (χ0n) is 17.3. The van der Waals surface area contributed by atoms with Gasteiger partial charge in [-0.2, -0.15) is 15.4 Å². The van der Waals surface area contributed by atoms with Crippen LogP contribution in [0.25, 0.3) is 5.88 Å². The van der Waals surface area contributed by atoms with E-state index in [0.29, 0.717) is 17.2 Å². The van der Waals surface area contributed by atoms with Crippen LogP contribution in [0.3, 0.4) is 0 Å². The Morgan fingerprint density at radius 2 is 1.77 bits per heavy atom. The Balaban J connectivity index is 1.48. The predicted octanol–water partition coefficient (Wildman–Crippen LogP) is 3.32. The van der Waals surface area contributed by atoms with Crippen molar-refractivity contribution >= 4 is 18.0 Å². The van der Waals surface area contributed by atoms with Gasteiger partial charge in [0.15, 0.2) is 0 Å². The summed E-state index contributed by atoms with van der Waals surface area (Å²) in [5.41, 5.74) is 3.78. The monoisotopic (exact) mass is 402 g/mol. The van der Waals surface area contributed by atoms with E-state index in [9.17, 15) is 14.9 Å². The van der Waals surface area contributed by atoms with Crippen LogP contribution < -0.4 is 0 Å². The number of furan rings is 1. The first-order valence-electron chi connectivity index (χ1n) is 10.1. The number of hydrogen-bond donors (Lipinski definition) is 0. The molecule has 4 atom stereocenters. The average molecular weight is 402 g/mol. The molecule has 2 aromatic heterocycles. The maximum absolute atomic E-state index is 12.8. The maximum atomic E-state index is 12.8. The topological polar surface area (TPSA) is 91.6 Å². The molecule has 2 aromatic rings. The van der Waals surface area contributed by atoms with E-state index in [1.807, 2.05) is 38.3 Å². The number of hydrogen-bond acceptors (Lipinski definition) is 5. The van der Waals surface area contributed by atoms with Gasteiger partial charge in [0.2, 0.25) is 5.88 Å². The summed E-state index contributed by atoms with van der Waals surface area (Å²) in [5.74, 6) is 0.591. The summed E-state index contributed by atoms with van der Waals surface area (Å²) in [4.78, 5) is 25.6. The molecule has 1 aliphatic heterocycles. The van der Waals surface area contributed by atoms with Gasteiger partial charge in [0.1, 0.15) is 17.4 Å². The summed E-state index contributed by atoms with van der Waals surface area (Å²) >= 11 is 0. The van der Waals surface area contributed by atoms with Crippen molar-refractivity contribution in [2.45, 2.75) is 34.1 Å². The van der Waals surface area contributed by atoms with Gasteiger partial charge in [-0.1, -0.05) is 12.2 Å². The SMILES string of the molecule is Cc1oc(-n2c(C)cc(/C=N\N3C(=O)[C@@H]4[C@@H](C3=O)[C@H]3C=C[C@H]4C3)c2C)c(C#N)c1C. The summed E-state index contributed by atoms with van der Waals surface area (Å²) in [6, 6.07) is 4.13. The highest BCUT2D eigenvalue weighted by Gasteiger charge is 2.59. The molecule has 0 spiro atoms. The van der Waals surface area contributed by atoms with Crippen LogP contribution in [0.4, 0.5) is 0 Å². The van der Waals surface area contributed by atoms with Gasteiger partial charge in [-0.15, -0.1) is 0 Å². The number of hydrazone groups is 1. The largest absolute Gasteiger partial charge is 0.443 e. The third kappa shape index (κ3) is 2.34. The number of nitrogens with zero attached hydrogens (tertiary/aromatic N) is 4. The van der Waals surface area contributed by atoms with Crippen molar-refractivity contribution in [1.82, 2.24) is 9.58 Å². The first kappa shape index (κ1) is 18.6. The Labute approximate surface area is 174 Å². The Bertz CT molecular complexity index is 1180. The van der Waals surface area contributed by atoms with E-state index in [1.165, 1.54) is 0 Å². The third-order valence-corrected chi connectivity index (χ3v) is 6.91. The van der Waals surface area contributed by atoms with Gasteiger partial charge in [0, 0.05) is 22.5 Å². The van der Waals surface area contributed by atoms with Crippen LogP contribution in [0.15, 0.2) is 27.7 Å². The fraction of sp³-hybridized carbons (Fsp3) is 0.391. The molecule has 30 heavy (non-hydrogen) atoms. The van der Waals surface area contributed by atoms with E-state index in [-0.39, 0.29) is 35.5 Å². The molecule has 3 heterocycles. The quantitative estimate of drug-likeness (QED) is 0.447. The molecule has 2 amide bonds. The molecular formula is C23H22N4O3. The fourth-order valence-electron chi connectivity index (χ4n) is 5.25. The number of fused-ring (bicyclic) bond motifs is 5. The van der Waals surface area contributed by atoms with E-state index in [0.717, 1.165) is 33.9 Å². The minimum atomic E-state index is -0.260. The van der Waals surface area contributed by atoms with E-state index in [4.69, 9.17) is 4.42 Å². The van der Waals surface area contributed by atoms with Crippen molar-refractivity contribution < 1.29 is 14.0 Å². The van der Waals surface area contributed by atoms with E-state index >= 15 is 0 Å². The summed E-state index contributed by atoms with van der Waals surface area (Å²) in [6.45, 7) is 7.51. The van der Waals surface area contributed by atoms with E-state index < -0.39 is 0 Å². The predicted molar refractivity (Wildman–Crippen MR) is 109 cm³/mol. The molecule has 0 radical (unpaired) electrons. The molecule has 3 aliphatic rings. The second-order valence-electron chi connectivity index (χ2n) is 8.47. The number of allylic oxidation sites excluding steroid dienone is 2. The van der Waals surface area contributed by atoms with Crippen LogP contribution in [-0.4, -0.2) is 27.6 Å².